The lowest BCUT2D eigenvalue weighted by Gasteiger charge is -2.32. The molecule has 2 rings (SSSR count). The van der Waals surface area contributed by atoms with Crippen LogP contribution in [0, 0.1) is 5.92 Å². The van der Waals surface area contributed by atoms with E-state index in [9.17, 15) is 4.79 Å². The van der Waals surface area contributed by atoms with Gasteiger partial charge in [-0.05, 0) is 45.8 Å². The zero-order valence-electron chi connectivity index (χ0n) is 13.1. The molecule has 0 radical (unpaired) electrons. The summed E-state index contributed by atoms with van der Waals surface area (Å²) in [4.78, 5) is 17.2. The van der Waals surface area contributed by atoms with Crippen LogP contribution in [0.1, 0.15) is 40.0 Å². The minimum Gasteiger partial charge on any atom is -0.341 e. The van der Waals surface area contributed by atoms with Crippen LogP contribution < -0.4 is 5.32 Å². The number of likely N-dealkylation sites (N-methyl/N-ethyl adjacent to an activating group) is 1. The lowest BCUT2D eigenvalue weighted by molar-refractivity contribution is -0.136. The Balaban J connectivity index is 0.00000200. The van der Waals surface area contributed by atoms with Crippen molar-refractivity contribution in [2.75, 3.05) is 32.7 Å². The van der Waals surface area contributed by atoms with Crippen LogP contribution in [0.25, 0.3) is 0 Å². The maximum absolute atomic E-state index is 12.6. The summed E-state index contributed by atoms with van der Waals surface area (Å²) in [6, 6.07) is 0.916. The Kier molecular flexibility index (Phi) is 7.27. The molecule has 0 aromatic rings. The molecule has 0 aromatic carbocycles. The maximum atomic E-state index is 12.6. The van der Waals surface area contributed by atoms with E-state index in [1.165, 1.54) is 0 Å². The van der Waals surface area contributed by atoms with Crippen LogP contribution in [-0.2, 0) is 4.79 Å². The first-order valence-corrected chi connectivity index (χ1v) is 7.93. The number of amides is 1. The number of likely N-dealkylation sites (tertiary alicyclic amines) is 1. The molecular weight excluding hydrogens is 274 g/mol. The summed E-state index contributed by atoms with van der Waals surface area (Å²) in [5.41, 5.74) is 0. The second-order valence-electron chi connectivity index (χ2n) is 5.94. The van der Waals surface area contributed by atoms with Crippen molar-refractivity contribution in [1.82, 2.24) is 15.1 Å². The second kappa shape index (κ2) is 8.20. The molecule has 118 valence electrons. The Hall–Kier alpha value is -0.320. The standard InChI is InChI=1S/C15H29N3O.ClH/c1-4-17(5-2)13-8-10-18(11-13)15(19)14-7-6-9-16-12(14)3;/h12-14,16H,4-11H2,1-3H3;1H. The highest BCUT2D eigenvalue weighted by molar-refractivity contribution is 5.85. The van der Waals surface area contributed by atoms with E-state index < -0.39 is 0 Å². The monoisotopic (exact) mass is 303 g/mol. The fourth-order valence-electron chi connectivity index (χ4n) is 3.60. The van der Waals surface area contributed by atoms with Gasteiger partial charge >= 0.3 is 0 Å². The van der Waals surface area contributed by atoms with E-state index >= 15 is 0 Å². The Labute approximate surface area is 129 Å². The summed E-state index contributed by atoms with van der Waals surface area (Å²) in [7, 11) is 0. The number of nitrogens with zero attached hydrogens (tertiary/aromatic N) is 2. The molecule has 2 heterocycles. The van der Waals surface area contributed by atoms with Crippen molar-refractivity contribution in [3.8, 4) is 0 Å². The molecule has 0 bridgehead atoms. The van der Waals surface area contributed by atoms with Gasteiger partial charge in [-0.15, -0.1) is 12.4 Å². The SMILES string of the molecule is CCN(CC)C1CCN(C(=O)C2CCCNC2C)C1.Cl. The summed E-state index contributed by atoms with van der Waals surface area (Å²) in [6.07, 6.45) is 3.33. The second-order valence-corrected chi connectivity index (χ2v) is 5.94. The number of carbonyl (C=O) groups excluding carboxylic acids is 1. The van der Waals surface area contributed by atoms with Crippen LogP contribution in [0.3, 0.4) is 0 Å². The Morgan fingerprint density at radius 3 is 2.60 bits per heavy atom. The zero-order valence-corrected chi connectivity index (χ0v) is 13.9. The van der Waals surface area contributed by atoms with Gasteiger partial charge in [0, 0.05) is 25.2 Å². The number of carbonyl (C=O) groups is 1. The summed E-state index contributed by atoms with van der Waals surface area (Å²) in [6.45, 7) is 11.7. The molecule has 0 aromatic heterocycles. The fourth-order valence-corrected chi connectivity index (χ4v) is 3.60. The lowest BCUT2D eigenvalue weighted by atomic mass is 9.91. The van der Waals surface area contributed by atoms with Gasteiger partial charge in [0.2, 0.25) is 5.91 Å². The predicted molar refractivity (Wildman–Crippen MR) is 85.3 cm³/mol. The average molecular weight is 304 g/mol. The number of hydrogen-bond acceptors (Lipinski definition) is 3. The smallest absolute Gasteiger partial charge is 0.227 e. The molecule has 1 N–H and O–H groups in total. The summed E-state index contributed by atoms with van der Waals surface area (Å²) in [5, 5.41) is 3.43. The minimum atomic E-state index is 0. The van der Waals surface area contributed by atoms with Crippen LogP contribution in [-0.4, -0.2) is 60.5 Å². The molecule has 2 fully saturated rings. The van der Waals surface area contributed by atoms with Gasteiger partial charge in [-0.25, -0.2) is 0 Å². The largest absolute Gasteiger partial charge is 0.341 e. The molecule has 0 saturated carbocycles. The van der Waals surface area contributed by atoms with Gasteiger partial charge in [0.05, 0.1) is 5.92 Å². The quantitative estimate of drug-likeness (QED) is 0.859. The molecule has 3 atom stereocenters. The van der Waals surface area contributed by atoms with Crippen LogP contribution in [0.15, 0.2) is 0 Å². The zero-order chi connectivity index (χ0) is 13.8. The third-order valence-electron chi connectivity index (χ3n) is 4.88. The fraction of sp³-hybridized carbons (Fsp3) is 0.933. The molecule has 5 heteroatoms. The highest BCUT2D eigenvalue weighted by Gasteiger charge is 2.35. The Morgan fingerprint density at radius 1 is 1.30 bits per heavy atom. The molecular formula is C15H30ClN3O. The molecule has 0 aliphatic carbocycles. The van der Waals surface area contributed by atoms with E-state index in [1.807, 2.05) is 0 Å². The van der Waals surface area contributed by atoms with Gasteiger partial charge < -0.3 is 10.2 Å². The molecule has 4 nitrogen and oxygen atoms in total. The van der Waals surface area contributed by atoms with Crippen LogP contribution in [0.5, 0.6) is 0 Å². The summed E-state index contributed by atoms with van der Waals surface area (Å²) in [5.74, 6) is 0.582. The molecule has 20 heavy (non-hydrogen) atoms. The molecule has 3 unspecified atom stereocenters. The number of piperidine rings is 1. The van der Waals surface area contributed by atoms with Crippen LogP contribution >= 0.6 is 12.4 Å². The number of nitrogens with one attached hydrogen (secondary N) is 1. The highest BCUT2D eigenvalue weighted by atomic mass is 35.5. The lowest BCUT2D eigenvalue weighted by Crippen LogP contribution is -2.48. The van der Waals surface area contributed by atoms with E-state index in [2.05, 4.69) is 35.9 Å². The van der Waals surface area contributed by atoms with Gasteiger partial charge in [0.1, 0.15) is 0 Å². The van der Waals surface area contributed by atoms with Crippen molar-refractivity contribution in [1.29, 1.82) is 0 Å². The first kappa shape index (κ1) is 17.7. The van der Waals surface area contributed by atoms with E-state index in [0.29, 0.717) is 18.0 Å². The molecule has 2 aliphatic rings. The van der Waals surface area contributed by atoms with Gasteiger partial charge in [-0.3, -0.25) is 9.69 Å². The number of rotatable bonds is 4. The third kappa shape index (κ3) is 3.86. The van der Waals surface area contributed by atoms with Gasteiger partial charge in [0.25, 0.3) is 0 Å². The number of halogens is 1. The maximum Gasteiger partial charge on any atom is 0.227 e. The van der Waals surface area contributed by atoms with Crippen molar-refractivity contribution in [3.05, 3.63) is 0 Å². The van der Waals surface area contributed by atoms with E-state index in [-0.39, 0.29) is 18.3 Å². The Bertz CT molecular complexity index is 309. The van der Waals surface area contributed by atoms with Crippen molar-refractivity contribution in [3.63, 3.8) is 0 Å². The summed E-state index contributed by atoms with van der Waals surface area (Å²) >= 11 is 0. The first-order valence-electron chi connectivity index (χ1n) is 7.93. The van der Waals surface area contributed by atoms with Gasteiger partial charge in [-0.1, -0.05) is 13.8 Å². The molecule has 2 saturated heterocycles. The Morgan fingerprint density at radius 2 is 2.00 bits per heavy atom. The van der Waals surface area contributed by atoms with E-state index in [4.69, 9.17) is 0 Å². The van der Waals surface area contributed by atoms with Gasteiger partial charge in [0.15, 0.2) is 0 Å². The molecule has 2 aliphatic heterocycles. The van der Waals surface area contributed by atoms with Crippen LogP contribution in [0.2, 0.25) is 0 Å². The van der Waals surface area contributed by atoms with E-state index in [1.54, 1.807) is 0 Å². The predicted octanol–water partition coefficient (Wildman–Crippen LogP) is 1.74. The van der Waals surface area contributed by atoms with Gasteiger partial charge in [-0.2, -0.15) is 0 Å². The normalized spacial score (nSPS) is 30.4. The summed E-state index contributed by atoms with van der Waals surface area (Å²) < 4.78 is 0. The first-order chi connectivity index (χ1) is 9.17. The van der Waals surface area contributed by atoms with E-state index in [0.717, 1.165) is 52.0 Å². The third-order valence-corrected chi connectivity index (χ3v) is 4.88. The van der Waals surface area contributed by atoms with Crippen molar-refractivity contribution in [2.24, 2.45) is 5.92 Å². The van der Waals surface area contributed by atoms with Crippen LogP contribution in [0.4, 0.5) is 0 Å². The average Bonchev–Trinajstić information content (AvgIpc) is 2.90. The highest BCUT2D eigenvalue weighted by Crippen LogP contribution is 2.23. The van der Waals surface area contributed by atoms with Crippen molar-refractivity contribution >= 4 is 18.3 Å². The van der Waals surface area contributed by atoms with Crippen molar-refractivity contribution in [2.45, 2.75) is 52.1 Å². The molecule has 1 amide bonds. The minimum absolute atomic E-state index is 0. The van der Waals surface area contributed by atoms with Crippen molar-refractivity contribution < 1.29 is 4.79 Å². The molecule has 0 spiro atoms. The number of hydrogen-bond donors (Lipinski definition) is 1. The topological polar surface area (TPSA) is 35.6 Å².